The number of aromatic nitrogens is 1. The molecule has 2 aromatic heterocycles. The molecular weight excluding hydrogens is 378 g/mol. The maximum absolute atomic E-state index is 12.2. The highest BCUT2D eigenvalue weighted by molar-refractivity contribution is 7.91. The van der Waals surface area contributed by atoms with Crippen molar-refractivity contribution in [3.05, 3.63) is 46.8 Å². The first-order valence-electron chi connectivity index (χ1n) is 7.57. The minimum Gasteiger partial charge on any atom is -0.339 e. The molecule has 1 aromatic carbocycles. The summed E-state index contributed by atoms with van der Waals surface area (Å²) in [4.78, 5) is 18.3. The van der Waals surface area contributed by atoms with Crippen LogP contribution in [0.2, 0.25) is 0 Å². The average molecular weight is 396 g/mol. The molecule has 6 nitrogen and oxygen atoms in total. The summed E-state index contributed by atoms with van der Waals surface area (Å²) in [5, 5.41) is 2.56. The fraction of sp³-hybridized carbons (Fsp3) is 0.250. The first-order valence-corrected chi connectivity index (χ1v) is 10.8. The molecule has 1 amide bonds. The molecule has 0 spiro atoms. The Morgan fingerprint density at radius 2 is 2.04 bits per heavy atom. The molecule has 0 saturated heterocycles. The van der Waals surface area contributed by atoms with E-state index >= 15 is 0 Å². The topological polar surface area (TPSA) is 79.4 Å². The minimum atomic E-state index is -3.53. The van der Waals surface area contributed by atoms with E-state index in [0.29, 0.717) is 6.54 Å². The smallest absolute Gasteiger partial charge is 0.250 e. The summed E-state index contributed by atoms with van der Waals surface area (Å²) in [6.07, 6.45) is 0.103. The third-order valence-electron chi connectivity index (χ3n) is 3.53. The number of sulfonamides is 1. The van der Waals surface area contributed by atoms with E-state index < -0.39 is 10.0 Å². The van der Waals surface area contributed by atoms with Gasteiger partial charge in [0.05, 0.1) is 16.8 Å². The molecule has 1 N–H and O–H groups in total. The van der Waals surface area contributed by atoms with Crippen molar-refractivity contribution in [1.82, 2.24) is 14.6 Å². The molecule has 0 fully saturated rings. The van der Waals surface area contributed by atoms with E-state index in [1.165, 1.54) is 6.07 Å². The van der Waals surface area contributed by atoms with Gasteiger partial charge in [-0.3, -0.25) is 4.79 Å². The summed E-state index contributed by atoms with van der Waals surface area (Å²) in [6, 6.07) is 11.0. The highest BCUT2D eigenvalue weighted by Gasteiger charge is 2.17. The second-order valence-electron chi connectivity index (χ2n) is 5.40. The molecule has 0 unspecified atom stereocenters. The number of benzene rings is 1. The third kappa shape index (κ3) is 4.43. The van der Waals surface area contributed by atoms with E-state index in [2.05, 4.69) is 9.71 Å². The molecule has 0 aliphatic heterocycles. The van der Waals surface area contributed by atoms with Crippen molar-refractivity contribution in [3.63, 3.8) is 0 Å². The van der Waals surface area contributed by atoms with Crippen LogP contribution in [0, 0.1) is 0 Å². The number of thiophene rings is 1. The molecule has 0 bridgehead atoms. The summed E-state index contributed by atoms with van der Waals surface area (Å²) in [5.74, 6) is -0.131. The van der Waals surface area contributed by atoms with Crippen LogP contribution in [0.3, 0.4) is 0 Å². The van der Waals surface area contributed by atoms with Crippen LogP contribution in [0.1, 0.15) is 11.4 Å². The molecular formula is C16H17N3O3S3. The number of amides is 1. The maximum Gasteiger partial charge on any atom is 0.250 e. The molecule has 132 valence electrons. The molecule has 2 heterocycles. The van der Waals surface area contributed by atoms with Gasteiger partial charge in [-0.1, -0.05) is 18.2 Å². The molecule has 0 atom stereocenters. The Morgan fingerprint density at radius 3 is 2.76 bits per heavy atom. The number of hydrogen-bond acceptors (Lipinski definition) is 6. The van der Waals surface area contributed by atoms with Gasteiger partial charge in [-0.25, -0.2) is 18.1 Å². The normalized spacial score (nSPS) is 11.7. The number of carbonyl (C=O) groups is 1. The quantitative estimate of drug-likeness (QED) is 0.667. The molecule has 0 saturated carbocycles. The van der Waals surface area contributed by atoms with Crippen molar-refractivity contribution in [1.29, 1.82) is 0 Å². The first-order chi connectivity index (χ1) is 12.0. The number of hydrogen-bond donors (Lipinski definition) is 1. The molecule has 3 rings (SSSR count). The highest BCUT2D eigenvalue weighted by atomic mass is 32.2. The molecule has 9 heteroatoms. The lowest BCUT2D eigenvalue weighted by Crippen LogP contribution is -2.31. The van der Waals surface area contributed by atoms with Gasteiger partial charge in [-0.15, -0.1) is 22.7 Å². The molecule has 0 radical (unpaired) electrons. The number of fused-ring (bicyclic) bond motifs is 1. The highest BCUT2D eigenvalue weighted by Crippen LogP contribution is 2.22. The monoisotopic (exact) mass is 395 g/mol. The fourth-order valence-electron chi connectivity index (χ4n) is 2.25. The summed E-state index contributed by atoms with van der Waals surface area (Å²) in [7, 11) is -1.83. The van der Waals surface area contributed by atoms with Crippen LogP contribution in [-0.2, 0) is 21.4 Å². The Hall–Kier alpha value is -1.81. The first kappa shape index (κ1) is 18.0. The van der Waals surface area contributed by atoms with Crippen molar-refractivity contribution < 1.29 is 13.2 Å². The largest absolute Gasteiger partial charge is 0.339 e. The fourth-order valence-corrected chi connectivity index (χ4v) is 5.34. The van der Waals surface area contributed by atoms with Gasteiger partial charge < -0.3 is 4.90 Å². The van der Waals surface area contributed by atoms with Crippen LogP contribution < -0.4 is 4.72 Å². The molecule has 0 aliphatic carbocycles. The maximum atomic E-state index is 12.2. The van der Waals surface area contributed by atoms with Gasteiger partial charge in [0.15, 0.2) is 0 Å². The van der Waals surface area contributed by atoms with Gasteiger partial charge >= 0.3 is 0 Å². The van der Waals surface area contributed by atoms with Crippen molar-refractivity contribution >= 4 is 48.8 Å². The van der Waals surface area contributed by atoms with Gasteiger partial charge in [-0.2, -0.15) is 0 Å². The molecule has 0 aliphatic rings. The van der Waals surface area contributed by atoms with Crippen LogP contribution in [0.25, 0.3) is 10.2 Å². The Balaban J connectivity index is 1.52. The van der Waals surface area contributed by atoms with Crippen molar-refractivity contribution in [2.45, 2.75) is 17.2 Å². The van der Waals surface area contributed by atoms with Gasteiger partial charge in [0, 0.05) is 20.0 Å². The van der Waals surface area contributed by atoms with Crippen molar-refractivity contribution in [2.75, 3.05) is 13.6 Å². The predicted octanol–water partition coefficient (Wildman–Crippen LogP) is 2.68. The standard InChI is InChI=1S/C16H17N3O3S3/c1-19(11-14-18-12-5-2-3-6-13(12)24-14)15(20)8-9-17-25(21,22)16-7-4-10-23-16/h2-7,10,17H,8-9,11H2,1H3. The number of thiazole rings is 1. The van der Waals surface area contributed by atoms with E-state index in [4.69, 9.17) is 0 Å². The lowest BCUT2D eigenvalue weighted by molar-refractivity contribution is -0.130. The number of para-hydroxylation sites is 1. The van der Waals surface area contributed by atoms with E-state index in [1.807, 2.05) is 24.3 Å². The van der Waals surface area contributed by atoms with Crippen LogP contribution in [0.5, 0.6) is 0 Å². The van der Waals surface area contributed by atoms with Gasteiger partial charge in [0.2, 0.25) is 15.9 Å². The second kappa shape index (κ2) is 7.61. The second-order valence-corrected chi connectivity index (χ2v) is 9.46. The SMILES string of the molecule is CN(Cc1nc2ccccc2s1)C(=O)CCNS(=O)(=O)c1cccs1. The van der Waals surface area contributed by atoms with Crippen LogP contribution in [-0.4, -0.2) is 37.8 Å². The lowest BCUT2D eigenvalue weighted by atomic mass is 10.3. The number of rotatable bonds is 7. The van der Waals surface area contributed by atoms with Gasteiger partial charge in [0.1, 0.15) is 9.22 Å². The molecule has 3 aromatic rings. The van der Waals surface area contributed by atoms with E-state index in [-0.39, 0.29) is 23.1 Å². The summed E-state index contributed by atoms with van der Waals surface area (Å²) < 4.78 is 27.8. The molecule has 25 heavy (non-hydrogen) atoms. The summed E-state index contributed by atoms with van der Waals surface area (Å²) >= 11 is 2.70. The zero-order valence-corrected chi connectivity index (χ0v) is 16.0. The average Bonchev–Trinajstić information content (AvgIpc) is 3.24. The Morgan fingerprint density at radius 1 is 1.24 bits per heavy atom. The van der Waals surface area contributed by atoms with Crippen LogP contribution in [0.4, 0.5) is 0 Å². The number of nitrogens with zero attached hydrogens (tertiary/aromatic N) is 2. The zero-order valence-electron chi connectivity index (χ0n) is 13.5. The number of carbonyl (C=O) groups excluding carboxylic acids is 1. The Kier molecular flexibility index (Phi) is 5.48. The third-order valence-corrected chi connectivity index (χ3v) is 7.41. The number of nitrogens with one attached hydrogen (secondary N) is 1. The lowest BCUT2D eigenvalue weighted by Gasteiger charge is -2.15. The van der Waals surface area contributed by atoms with Crippen LogP contribution >= 0.6 is 22.7 Å². The van der Waals surface area contributed by atoms with Crippen molar-refractivity contribution in [3.8, 4) is 0 Å². The predicted molar refractivity (Wildman–Crippen MR) is 100 cm³/mol. The van der Waals surface area contributed by atoms with E-state index in [9.17, 15) is 13.2 Å². The minimum absolute atomic E-state index is 0.0727. The zero-order chi connectivity index (χ0) is 17.9. The summed E-state index contributed by atoms with van der Waals surface area (Å²) in [6.45, 7) is 0.485. The Labute approximate surface area is 154 Å². The van der Waals surface area contributed by atoms with E-state index in [1.54, 1.807) is 34.7 Å². The van der Waals surface area contributed by atoms with Gasteiger partial charge in [-0.05, 0) is 23.6 Å². The van der Waals surface area contributed by atoms with E-state index in [0.717, 1.165) is 26.6 Å². The van der Waals surface area contributed by atoms with Gasteiger partial charge in [0.25, 0.3) is 0 Å². The summed E-state index contributed by atoms with van der Waals surface area (Å²) in [5.41, 5.74) is 0.923. The van der Waals surface area contributed by atoms with Crippen molar-refractivity contribution in [2.24, 2.45) is 0 Å². The van der Waals surface area contributed by atoms with Crippen LogP contribution in [0.15, 0.2) is 46.0 Å². The Bertz CT molecular complexity index is 932.